The van der Waals surface area contributed by atoms with E-state index in [2.05, 4.69) is 65.9 Å². The van der Waals surface area contributed by atoms with Crippen LogP contribution in [0.4, 0.5) is 5.69 Å². The highest BCUT2D eigenvalue weighted by molar-refractivity contribution is 5.92. The Bertz CT molecular complexity index is 983. The van der Waals surface area contributed by atoms with E-state index < -0.39 is 0 Å². The number of aryl methyl sites for hydroxylation is 2. The SMILES string of the molecule is CCOC(=O)C1CCN(c2cccc3c2nc(-c2ccc(C)cc2)n3C)CC1. The number of hydrogen-bond acceptors (Lipinski definition) is 4. The molecule has 4 rings (SSSR count). The molecule has 0 spiro atoms. The van der Waals surface area contributed by atoms with Crippen molar-refractivity contribution < 1.29 is 9.53 Å². The minimum absolute atomic E-state index is 0.0160. The summed E-state index contributed by atoms with van der Waals surface area (Å²) in [5.74, 6) is 0.936. The van der Waals surface area contributed by atoms with Crippen molar-refractivity contribution in [2.24, 2.45) is 13.0 Å². The number of aromatic nitrogens is 2. The number of benzene rings is 2. The fourth-order valence-corrected chi connectivity index (χ4v) is 4.03. The second-order valence-corrected chi connectivity index (χ2v) is 7.52. The van der Waals surface area contributed by atoms with Crippen molar-refractivity contribution in [3.05, 3.63) is 48.0 Å². The summed E-state index contributed by atoms with van der Waals surface area (Å²) in [6.07, 6.45) is 1.65. The average Bonchev–Trinajstić information content (AvgIpc) is 3.06. The summed E-state index contributed by atoms with van der Waals surface area (Å²) in [5.41, 5.74) is 5.66. The van der Waals surface area contributed by atoms with Crippen LogP contribution in [0.2, 0.25) is 0 Å². The Kier molecular flexibility index (Phi) is 5.07. The third-order valence-electron chi connectivity index (χ3n) is 5.66. The topological polar surface area (TPSA) is 47.4 Å². The molecule has 0 saturated carbocycles. The number of imidazole rings is 1. The lowest BCUT2D eigenvalue weighted by Crippen LogP contribution is -2.37. The van der Waals surface area contributed by atoms with Crippen LogP contribution in [0, 0.1) is 12.8 Å². The third-order valence-corrected chi connectivity index (χ3v) is 5.66. The summed E-state index contributed by atoms with van der Waals surface area (Å²) in [5, 5.41) is 0. The summed E-state index contributed by atoms with van der Waals surface area (Å²) < 4.78 is 7.36. The first-order chi connectivity index (χ1) is 13.6. The standard InChI is InChI=1S/C23H27N3O2/c1-4-28-23(27)18-12-14-26(15-13-18)20-7-5-6-19-21(20)24-22(25(19)3)17-10-8-16(2)9-11-17/h5-11,18H,4,12-15H2,1-3H3. The van der Waals surface area contributed by atoms with Crippen molar-refractivity contribution in [1.82, 2.24) is 9.55 Å². The van der Waals surface area contributed by atoms with Gasteiger partial charge < -0.3 is 14.2 Å². The highest BCUT2D eigenvalue weighted by Gasteiger charge is 2.27. The number of carbonyl (C=O) groups excluding carboxylic acids is 1. The lowest BCUT2D eigenvalue weighted by Gasteiger charge is -2.32. The second-order valence-electron chi connectivity index (χ2n) is 7.52. The largest absolute Gasteiger partial charge is 0.466 e. The fraction of sp³-hybridized carbons (Fsp3) is 0.391. The number of carbonyl (C=O) groups is 1. The van der Waals surface area contributed by atoms with E-state index in [-0.39, 0.29) is 11.9 Å². The van der Waals surface area contributed by atoms with Gasteiger partial charge in [0.05, 0.1) is 23.7 Å². The Hall–Kier alpha value is -2.82. The zero-order valence-corrected chi connectivity index (χ0v) is 16.8. The first-order valence-electron chi connectivity index (χ1n) is 10.0. The molecule has 1 aliphatic heterocycles. The molecule has 1 aromatic heterocycles. The van der Waals surface area contributed by atoms with Gasteiger partial charge in [-0.3, -0.25) is 4.79 Å². The van der Waals surface area contributed by atoms with Crippen molar-refractivity contribution in [3.63, 3.8) is 0 Å². The van der Waals surface area contributed by atoms with Crippen LogP contribution in [0.3, 0.4) is 0 Å². The van der Waals surface area contributed by atoms with E-state index in [0.29, 0.717) is 6.61 Å². The van der Waals surface area contributed by atoms with E-state index in [9.17, 15) is 4.79 Å². The van der Waals surface area contributed by atoms with E-state index >= 15 is 0 Å². The number of piperidine rings is 1. The summed E-state index contributed by atoms with van der Waals surface area (Å²) in [7, 11) is 2.07. The number of fused-ring (bicyclic) bond motifs is 1. The molecule has 1 fully saturated rings. The van der Waals surface area contributed by atoms with Crippen LogP contribution in [-0.4, -0.2) is 35.2 Å². The molecule has 0 bridgehead atoms. The van der Waals surface area contributed by atoms with Crippen LogP contribution in [0.5, 0.6) is 0 Å². The maximum absolute atomic E-state index is 12.0. The van der Waals surface area contributed by atoms with Gasteiger partial charge in [-0.15, -0.1) is 0 Å². The Labute approximate surface area is 165 Å². The number of anilines is 1. The molecule has 0 atom stereocenters. The quantitative estimate of drug-likeness (QED) is 0.635. The van der Waals surface area contributed by atoms with Crippen molar-refractivity contribution >= 4 is 22.7 Å². The molecule has 0 N–H and O–H groups in total. The molecular formula is C23H27N3O2. The van der Waals surface area contributed by atoms with Gasteiger partial charge in [0.1, 0.15) is 11.3 Å². The lowest BCUT2D eigenvalue weighted by atomic mass is 9.96. The molecule has 2 heterocycles. The van der Waals surface area contributed by atoms with Crippen molar-refractivity contribution in [2.75, 3.05) is 24.6 Å². The molecule has 1 saturated heterocycles. The van der Waals surface area contributed by atoms with Gasteiger partial charge >= 0.3 is 5.97 Å². The van der Waals surface area contributed by atoms with Crippen LogP contribution in [0.1, 0.15) is 25.3 Å². The molecule has 0 aliphatic carbocycles. The van der Waals surface area contributed by atoms with Gasteiger partial charge in [-0.25, -0.2) is 4.98 Å². The fourth-order valence-electron chi connectivity index (χ4n) is 4.03. The molecular weight excluding hydrogens is 350 g/mol. The van der Waals surface area contributed by atoms with E-state index in [1.165, 1.54) is 5.56 Å². The minimum Gasteiger partial charge on any atom is -0.466 e. The summed E-state index contributed by atoms with van der Waals surface area (Å²) in [6, 6.07) is 14.8. The van der Waals surface area contributed by atoms with Gasteiger partial charge in [0.25, 0.3) is 0 Å². The number of ether oxygens (including phenoxy) is 1. The molecule has 146 valence electrons. The predicted octanol–water partition coefficient (Wildman–Crippen LogP) is 4.33. The van der Waals surface area contributed by atoms with Gasteiger partial charge in [-0.2, -0.15) is 0 Å². The van der Waals surface area contributed by atoms with Crippen LogP contribution >= 0.6 is 0 Å². The summed E-state index contributed by atoms with van der Waals surface area (Å²) in [6.45, 7) is 6.10. The number of hydrogen-bond donors (Lipinski definition) is 0. The molecule has 3 aromatic rings. The van der Waals surface area contributed by atoms with E-state index in [1.54, 1.807) is 0 Å². The lowest BCUT2D eigenvalue weighted by molar-refractivity contribution is -0.148. The predicted molar refractivity (Wildman–Crippen MR) is 112 cm³/mol. The monoisotopic (exact) mass is 377 g/mol. The second kappa shape index (κ2) is 7.66. The zero-order valence-electron chi connectivity index (χ0n) is 16.8. The normalized spacial score (nSPS) is 15.2. The van der Waals surface area contributed by atoms with Gasteiger partial charge in [0.15, 0.2) is 0 Å². The van der Waals surface area contributed by atoms with E-state index in [1.807, 2.05) is 6.92 Å². The Morgan fingerprint density at radius 2 is 1.86 bits per heavy atom. The van der Waals surface area contributed by atoms with Crippen molar-refractivity contribution in [2.45, 2.75) is 26.7 Å². The number of rotatable bonds is 4. The van der Waals surface area contributed by atoms with Crippen LogP contribution < -0.4 is 4.90 Å². The molecule has 1 aliphatic rings. The van der Waals surface area contributed by atoms with Crippen LogP contribution in [0.25, 0.3) is 22.4 Å². The first-order valence-corrected chi connectivity index (χ1v) is 10.0. The van der Waals surface area contributed by atoms with E-state index in [4.69, 9.17) is 9.72 Å². The van der Waals surface area contributed by atoms with Crippen LogP contribution in [-0.2, 0) is 16.6 Å². The number of para-hydroxylation sites is 1. The van der Waals surface area contributed by atoms with Gasteiger partial charge in [-0.1, -0.05) is 35.9 Å². The minimum atomic E-state index is -0.0557. The molecule has 2 aromatic carbocycles. The number of nitrogens with zero attached hydrogens (tertiary/aromatic N) is 3. The Morgan fingerprint density at radius 3 is 2.54 bits per heavy atom. The maximum Gasteiger partial charge on any atom is 0.309 e. The Balaban J connectivity index is 1.63. The Morgan fingerprint density at radius 1 is 1.14 bits per heavy atom. The van der Waals surface area contributed by atoms with E-state index in [0.717, 1.165) is 54.0 Å². The zero-order chi connectivity index (χ0) is 19.7. The first kappa shape index (κ1) is 18.5. The molecule has 0 amide bonds. The van der Waals surface area contributed by atoms with Crippen molar-refractivity contribution in [3.8, 4) is 11.4 Å². The molecule has 5 nitrogen and oxygen atoms in total. The summed E-state index contributed by atoms with van der Waals surface area (Å²) in [4.78, 5) is 19.4. The summed E-state index contributed by atoms with van der Waals surface area (Å²) >= 11 is 0. The average molecular weight is 377 g/mol. The number of esters is 1. The van der Waals surface area contributed by atoms with Gasteiger partial charge in [0, 0.05) is 25.7 Å². The molecule has 0 radical (unpaired) electrons. The van der Waals surface area contributed by atoms with Gasteiger partial charge in [0.2, 0.25) is 0 Å². The highest BCUT2D eigenvalue weighted by atomic mass is 16.5. The third kappa shape index (κ3) is 3.37. The van der Waals surface area contributed by atoms with Gasteiger partial charge in [-0.05, 0) is 38.8 Å². The van der Waals surface area contributed by atoms with Crippen LogP contribution in [0.15, 0.2) is 42.5 Å². The molecule has 0 unspecified atom stereocenters. The highest BCUT2D eigenvalue weighted by Crippen LogP contribution is 2.33. The molecule has 5 heteroatoms. The van der Waals surface area contributed by atoms with Crippen molar-refractivity contribution in [1.29, 1.82) is 0 Å². The smallest absolute Gasteiger partial charge is 0.309 e. The maximum atomic E-state index is 12.0. The molecule has 28 heavy (non-hydrogen) atoms.